The third-order valence-corrected chi connectivity index (χ3v) is 6.62. The molecule has 0 saturated carbocycles. The third kappa shape index (κ3) is 5.62. The molecular formula is C31H37N3O2. The van der Waals surface area contributed by atoms with Crippen LogP contribution in [-0.2, 0) is 6.54 Å². The van der Waals surface area contributed by atoms with Gasteiger partial charge in [0.25, 0.3) is 5.91 Å². The summed E-state index contributed by atoms with van der Waals surface area (Å²) in [5.74, 6) is 2.15. The van der Waals surface area contributed by atoms with Crippen molar-refractivity contribution in [2.45, 2.75) is 66.5 Å². The molecule has 4 rings (SSSR count). The van der Waals surface area contributed by atoms with Crippen molar-refractivity contribution in [2.75, 3.05) is 6.61 Å². The molecule has 3 aromatic carbocycles. The molecule has 4 aromatic rings. The van der Waals surface area contributed by atoms with Gasteiger partial charge in [-0.1, -0.05) is 55.8 Å². The zero-order valence-electron chi connectivity index (χ0n) is 22.3. The Labute approximate surface area is 214 Å². The molecule has 36 heavy (non-hydrogen) atoms. The lowest BCUT2D eigenvalue weighted by Gasteiger charge is -2.18. The van der Waals surface area contributed by atoms with Crippen molar-refractivity contribution in [3.05, 3.63) is 94.3 Å². The second-order valence-corrected chi connectivity index (χ2v) is 10.0. The van der Waals surface area contributed by atoms with E-state index in [1.54, 1.807) is 0 Å². The topological polar surface area (TPSA) is 56.2 Å². The van der Waals surface area contributed by atoms with Crippen LogP contribution in [-0.4, -0.2) is 22.1 Å². The van der Waals surface area contributed by atoms with Crippen LogP contribution in [0.1, 0.15) is 77.6 Å². The summed E-state index contributed by atoms with van der Waals surface area (Å²) < 4.78 is 8.45. The van der Waals surface area contributed by atoms with E-state index in [1.807, 2.05) is 57.2 Å². The van der Waals surface area contributed by atoms with E-state index in [9.17, 15) is 4.79 Å². The molecule has 1 aromatic heterocycles. The Kier molecular flexibility index (Phi) is 7.78. The maximum atomic E-state index is 13.1. The number of aryl methyl sites for hydroxylation is 4. The van der Waals surface area contributed by atoms with Crippen LogP contribution in [0.4, 0.5) is 0 Å². The summed E-state index contributed by atoms with van der Waals surface area (Å²) in [7, 11) is 0. The molecule has 0 aliphatic heterocycles. The number of para-hydroxylation sites is 2. The standard InChI is InChI=1S/C31H37N3O2/c1-20(2)25-14-12-22(4)19-29(25)36-17-9-16-34-28-11-8-7-10-27(28)33-30(34)24(6)32-31(35)26-15-13-21(3)18-23(26)5/h7-8,10-15,18-20,24H,9,16-17H2,1-6H3,(H,32,35). The molecule has 1 heterocycles. The number of fused-ring (bicyclic) bond motifs is 1. The lowest BCUT2D eigenvalue weighted by Crippen LogP contribution is -2.29. The fourth-order valence-corrected chi connectivity index (χ4v) is 4.72. The van der Waals surface area contributed by atoms with Gasteiger partial charge in [-0.25, -0.2) is 4.98 Å². The second-order valence-electron chi connectivity index (χ2n) is 10.0. The van der Waals surface area contributed by atoms with Crippen LogP contribution in [0.15, 0.2) is 60.7 Å². The van der Waals surface area contributed by atoms with E-state index in [1.165, 1.54) is 11.1 Å². The summed E-state index contributed by atoms with van der Waals surface area (Å²) in [5, 5.41) is 3.16. The second kappa shape index (κ2) is 11.0. The van der Waals surface area contributed by atoms with Gasteiger partial charge < -0.3 is 14.6 Å². The number of benzene rings is 3. The molecular weight excluding hydrogens is 446 g/mol. The van der Waals surface area contributed by atoms with Gasteiger partial charge in [-0.2, -0.15) is 0 Å². The van der Waals surface area contributed by atoms with Crippen LogP contribution < -0.4 is 10.1 Å². The van der Waals surface area contributed by atoms with E-state index in [-0.39, 0.29) is 11.9 Å². The molecule has 0 fully saturated rings. The number of ether oxygens (including phenoxy) is 1. The Morgan fingerprint density at radius 2 is 1.69 bits per heavy atom. The summed E-state index contributed by atoms with van der Waals surface area (Å²) in [6, 6.07) is 20.2. The molecule has 0 aliphatic rings. The Bertz CT molecular complexity index is 1370. The molecule has 1 N–H and O–H groups in total. The van der Waals surface area contributed by atoms with E-state index in [2.05, 4.69) is 54.9 Å². The van der Waals surface area contributed by atoms with Crippen molar-refractivity contribution in [3.63, 3.8) is 0 Å². The number of hydrogen-bond donors (Lipinski definition) is 1. The van der Waals surface area contributed by atoms with Crippen molar-refractivity contribution in [1.82, 2.24) is 14.9 Å². The monoisotopic (exact) mass is 483 g/mol. The number of hydrogen-bond acceptors (Lipinski definition) is 3. The molecule has 0 spiro atoms. The van der Waals surface area contributed by atoms with Crippen molar-refractivity contribution in [2.24, 2.45) is 0 Å². The Morgan fingerprint density at radius 3 is 2.44 bits per heavy atom. The summed E-state index contributed by atoms with van der Waals surface area (Å²) in [6.07, 6.45) is 0.830. The minimum atomic E-state index is -0.240. The van der Waals surface area contributed by atoms with E-state index in [0.29, 0.717) is 18.1 Å². The molecule has 188 valence electrons. The number of nitrogens with one attached hydrogen (secondary N) is 1. The lowest BCUT2D eigenvalue weighted by molar-refractivity contribution is 0.0937. The average molecular weight is 484 g/mol. The molecule has 0 saturated heterocycles. The summed E-state index contributed by atoms with van der Waals surface area (Å²) in [4.78, 5) is 17.9. The van der Waals surface area contributed by atoms with E-state index in [0.717, 1.165) is 46.7 Å². The van der Waals surface area contributed by atoms with Gasteiger partial charge in [-0.05, 0) is 81.0 Å². The SMILES string of the molecule is Cc1ccc(C(=O)NC(C)c2nc3ccccc3n2CCCOc2cc(C)ccc2C(C)C)c(C)c1. The highest BCUT2D eigenvalue weighted by atomic mass is 16.5. The number of carbonyl (C=O) groups excluding carboxylic acids is 1. The van der Waals surface area contributed by atoms with Crippen molar-refractivity contribution < 1.29 is 9.53 Å². The van der Waals surface area contributed by atoms with Crippen molar-refractivity contribution in [1.29, 1.82) is 0 Å². The van der Waals surface area contributed by atoms with Gasteiger partial charge in [0.15, 0.2) is 0 Å². The van der Waals surface area contributed by atoms with E-state index < -0.39 is 0 Å². The molecule has 5 nitrogen and oxygen atoms in total. The van der Waals surface area contributed by atoms with E-state index >= 15 is 0 Å². The highest BCUT2D eigenvalue weighted by Crippen LogP contribution is 2.28. The maximum Gasteiger partial charge on any atom is 0.252 e. The number of amides is 1. The average Bonchev–Trinajstić information content (AvgIpc) is 3.20. The lowest BCUT2D eigenvalue weighted by atomic mass is 10.0. The Morgan fingerprint density at radius 1 is 0.972 bits per heavy atom. The van der Waals surface area contributed by atoms with Crippen LogP contribution in [0, 0.1) is 20.8 Å². The normalized spacial score (nSPS) is 12.2. The summed E-state index contributed by atoms with van der Waals surface area (Å²) >= 11 is 0. The molecule has 0 radical (unpaired) electrons. The molecule has 5 heteroatoms. The summed E-state index contributed by atoms with van der Waals surface area (Å²) in [5.41, 5.74) is 7.25. The van der Waals surface area contributed by atoms with Gasteiger partial charge in [0.1, 0.15) is 11.6 Å². The van der Waals surface area contributed by atoms with Gasteiger partial charge in [0.05, 0.1) is 23.7 Å². The molecule has 0 bridgehead atoms. The number of carbonyl (C=O) groups is 1. The number of imidazole rings is 1. The largest absolute Gasteiger partial charge is 0.493 e. The predicted octanol–water partition coefficient (Wildman–Crippen LogP) is 7.05. The smallest absolute Gasteiger partial charge is 0.252 e. The van der Waals surface area contributed by atoms with E-state index in [4.69, 9.17) is 9.72 Å². The predicted molar refractivity (Wildman–Crippen MR) is 147 cm³/mol. The van der Waals surface area contributed by atoms with Gasteiger partial charge in [-0.15, -0.1) is 0 Å². The first-order chi connectivity index (χ1) is 17.2. The zero-order chi connectivity index (χ0) is 25.8. The van der Waals surface area contributed by atoms with Crippen LogP contribution in [0.3, 0.4) is 0 Å². The number of rotatable bonds is 9. The highest BCUT2D eigenvalue weighted by molar-refractivity contribution is 5.96. The van der Waals surface area contributed by atoms with Crippen LogP contribution in [0.2, 0.25) is 0 Å². The van der Waals surface area contributed by atoms with Gasteiger partial charge in [0, 0.05) is 12.1 Å². The Hall–Kier alpha value is -3.60. The first-order valence-corrected chi connectivity index (χ1v) is 12.8. The first kappa shape index (κ1) is 25.5. The first-order valence-electron chi connectivity index (χ1n) is 12.8. The fraction of sp³-hybridized carbons (Fsp3) is 0.355. The minimum Gasteiger partial charge on any atom is -0.493 e. The van der Waals surface area contributed by atoms with Gasteiger partial charge in [-0.3, -0.25) is 4.79 Å². The molecule has 1 unspecified atom stereocenters. The Balaban J connectivity index is 1.50. The summed E-state index contributed by atoms with van der Waals surface area (Å²) in [6.45, 7) is 13.8. The fourth-order valence-electron chi connectivity index (χ4n) is 4.72. The maximum absolute atomic E-state index is 13.1. The van der Waals surface area contributed by atoms with Crippen molar-refractivity contribution in [3.8, 4) is 5.75 Å². The highest BCUT2D eigenvalue weighted by Gasteiger charge is 2.20. The van der Waals surface area contributed by atoms with Crippen LogP contribution >= 0.6 is 0 Å². The van der Waals surface area contributed by atoms with Crippen molar-refractivity contribution >= 4 is 16.9 Å². The molecule has 0 aliphatic carbocycles. The number of aromatic nitrogens is 2. The molecule has 1 amide bonds. The molecule has 1 atom stereocenters. The van der Waals surface area contributed by atoms with Crippen LogP contribution in [0.25, 0.3) is 11.0 Å². The minimum absolute atomic E-state index is 0.0809. The third-order valence-electron chi connectivity index (χ3n) is 6.62. The zero-order valence-corrected chi connectivity index (χ0v) is 22.3. The van der Waals surface area contributed by atoms with Gasteiger partial charge >= 0.3 is 0 Å². The van der Waals surface area contributed by atoms with Crippen LogP contribution in [0.5, 0.6) is 5.75 Å². The van der Waals surface area contributed by atoms with Gasteiger partial charge in [0.2, 0.25) is 0 Å². The number of nitrogens with zero attached hydrogens (tertiary/aromatic N) is 2. The quantitative estimate of drug-likeness (QED) is 0.260.